The average Bonchev–Trinajstić information content (AvgIpc) is 2.25. The number of nitrogens with one attached hydrogen (secondary N) is 1. The maximum absolute atomic E-state index is 13.2. The lowest BCUT2D eigenvalue weighted by molar-refractivity contribution is 0.0943. The number of carbonyl (C=O) groups excluding carboxylic acids is 1. The lowest BCUT2D eigenvalue weighted by Gasteiger charge is -2.11. The smallest absolute Gasteiger partial charge is 0.257 e. The Morgan fingerprint density at radius 2 is 2.00 bits per heavy atom. The summed E-state index contributed by atoms with van der Waals surface area (Å²) in [6.45, 7) is 1.85. The van der Waals surface area contributed by atoms with Gasteiger partial charge in [0.1, 0.15) is 17.2 Å². The summed E-state index contributed by atoms with van der Waals surface area (Å²) >= 11 is 4.72. The van der Waals surface area contributed by atoms with Crippen molar-refractivity contribution in [3.63, 3.8) is 0 Å². The van der Waals surface area contributed by atoms with Crippen LogP contribution in [0.3, 0.4) is 0 Å². The number of hydrogen-bond acceptors (Lipinski definition) is 2. The minimum Gasteiger partial charge on any atom is -0.393 e. The largest absolute Gasteiger partial charge is 0.393 e. The predicted molar refractivity (Wildman–Crippen MR) is 64.6 cm³/mol. The third kappa shape index (κ3) is 3.45. The van der Waals surface area contributed by atoms with Gasteiger partial charge in [0, 0.05) is 12.5 Å². The van der Waals surface area contributed by atoms with Gasteiger partial charge in [0.05, 0.1) is 4.99 Å². The number of hydrogen-bond donors (Lipinski definition) is 2. The number of halogens is 2. The van der Waals surface area contributed by atoms with Crippen LogP contribution in [0.2, 0.25) is 0 Å². The van der Waals surface area contributed by atoms with E-state index in [1.165, 1.54) is 6.07 Å². The van der Waals surface area contributed by atoms with Crippen molar-refractivity contribution in [2.75, 3.05) is 6.54 Å². The summed E-state index contributed by atoms with van der Waals surface area (Å²) in [7, 11) is 0. The molecule has 0 aliphatic heterocycles. The Morgan fingerprint density at radius 1 is 1.47 bits per heavy atom. The van der Waals surface area contributed by atoms with Crippen molar-refractivity contribution < 1.29 is 13.6 Å². The molecule has 0 bridgehead atoms. The van der Waals surface area contributed by atoms with Gasteiger partial charge in [0.15, 0.2) is 0 Å². The van der Waals surface area contributed by atoms with Crippen LogP contribution in [0.5, 0.6) is 0 Å². The van der Waals surface area contributed by atoms with Gasteiger partial charge >= 0.3 is 0 Å². The molecular formula is C11H12F2N2OS. The van der Waals surface area contributed by atoms with Crippen LogP contribution >= 0.6 is 12.2 Å². The molecule has 0 aliphatic carbocycles. The molecule has 3 nitrogen and oxygen atoms in total. The molecule has 0 heterocycles. The molecule has 0 fully saturated rings. The van der Waals surface area contributed by atoms with Crippen LogP contribution in [0.15, 0.2) is 18.2 Å². The Labute approximate surface area is 103 Å². The lowest BCUT2D eigenvalue weighted by atomic mass is 10.1. The molecular weight excluding hydrogens is 246 g/mol. The molecule has 6 heteroatoms. The summed E-state index contributed by atoms with van der Waals surface area (Å²) in [5.74, 6) is -2.84. The second-order valence-corrected chi connectivity index (χ2v) is 4.08. The van der Waals surface area contributed by atoms with Gasteiger partial charge in [0.25, 0.3) is 5.91 Å². The molecule has 0 aromatic heterocycles. The van der Waals surface area contributed by atoms with Crippen LogP contribution < -0.4 is 11.1 Å². The molecule has 3 N–H and O–H groups in total. The van der Waals surface area contributed by atoms with E-state index in [1.807, 2.05) is 0 Å². The summed E-state index contributed by atoms with van der Waals surface area (Å²) in [5.41, 5.74) is 4.76. The van der Waals surface area contributed by atoms with E-state index in [2.05, 4.69) is 5.32 Å². The Bertz CT molecular complexity index is 431. The first-order valence-corrected chi connectivity index (χ1v) is 5.35. The molecule has 0 spiro atoms. The summed E-state index contributed by atoms with van der Waals surface area (Å²) in [4.78, 5) is 11.8. The van der Waals surface area contributed by atoms with E-state index in [0.29, 0.717) is 0 Å². The molecule has 1 atom stereocenters. The van der Waals surface area contributed by atoms with Crippen LogP contribution in [-0.4, -0.2) is 17.4 Å². The van der Waals surface area contributed by atoms with Gasteiger partial charge in [0.2, 0.25) is 0 Å². The summed E-state index contributed by atoms with van der Waals surface area (Å²) < 4.78 is 26.5. The first kappa shape index (κ1) is 13.5. The fourth-order valence-corrected chi connectivity index (χ4v) is 1.23. The monoisotopic (exact) mass is 258 g/mol. The summed E-state index contributed by atoms with van der Waals surface area (Å²) in [6.07, 6.45) is 0. The first-order chi connectivity index (χ1) is 7.93. The fraction of sp³-hybridized carbons (Fsp3) is 0.273. The van der Waals surface area contributed by atoms with Crippen LogP contribution in [0.25, 0.3) is 0 Å². The maximum Gasteiger partial charge on any atom is 0.257 e. The zero-order chi connectivity index (χ0) is 13.0. The second kappa shape index (κ2) is 5.67. The van der Waals surface area contributed by atoms with Gasteiger partial charge in [-0.15, -0.1) is 0 Å². The number of benzene rings is 1. The molecule has 1 amide bonds. The highest BCUT2D eigenvalue weighted by Crippen LogP contribution is 2.11. The van der Waals surface area contributed by atoms with Gasteiger partial charge in [-0.25, -0.2) is 8.78 Å². The minimum absolute atomic E-state index is 0.141. The zero-order valence-corrected chi connectivity index (χ0v) is 9.98. The van der Waals surface area contributed by atoms with Crippen molar-refractivity contribution in [2.24, 2.45) is 11.7 Å². The Morgan fingerprint density at radius 3 is 2.47 bits per heavy atom. The molecule has 0 aliphatic rings. The zero-order valence-electron chi connectivity index (χ0n) is 9.17. The van der Waals surface area contributed by atoms with Crippen molar-refractivity contribution in [1.82, 2.24) is 5.32 Å². The number of amides is 1. The van der Waals surface area contributed by atoms with E-state index in [-0.39, 0.29) is 17.5 Å². The van der Waals surface area contributed by atoms with Crippen molar-refractivity contribution >= 4 is 23.1 Å². The number of carbonyl (C=O) groups is 1. The highest BCUT2D eigenvalue weighted by molar-refractivity contribution is 7.80. The van der Waals surface area contributed by atoms with Gasteiger partial charge < -0.3 is 11.1 Å². The van der Waals surface area contributed by atoms with E-state index in [0.717, 1.165) is 12.1 Å². The molecule has 0 saturated heterocycles. The fourth-order valence-electron chi connectivity index (χ4n) is 1.15. The number of rotatable bonds is 4. The van der Waals surface area contributed by atoms with Gasteiger partial charge in [-0.1, -0.05) is 25.2 Å². The molecule has 1 aromatic rings. The van der Waals surface area contributed by atoms with E-state index in [4.69, 9.17) is 18.0 Å². The van der Waals surface area contributed by atoms with E-state index in [1.54, 1.807) is 6.92 Å². The second-order valence-electron chi connectivity index (χ2n) is 3.61. The Kier molecular flexibility index (Phi) is 4.51. The van der Waals surface area contributed by atoms with E-state index >= 15 is 0 Å². The van der Waals surface area contributed by atoms with E-state index in [9.17, 15) is 13.6 Å². The maximum atomic E-state index is 13.2. The minimum atomic E-state index is -0.898. The van der Waals surface area contributed by atoms with E-state index < -0.39 is 23.1 Å². The molecule has 1 aromatic carbocycles. The first-order valence-electron chi connectivity index (χ1n) is 4.95. The molecule has 1 rings (SSSR count). The van der Waals surface area contributed by atoms with Gasteiger partial charge in [-0.2, -0.15) is 0 Å². The van der Waals surface area contributed by atoms with Gasteiger partial charge in [-0.05, 0) is 12.1 Å². The third-order valence-electron chi connectivity index (χ3n) is 2.24. The number of thiocarbonyl (C=S) groups is 1. The normalized spacial score (nSPS) is 11.9. The highest BCUT2D eigenvalue weighted by atomic mass is 32.1. The molecule has 0 saturated carbocycles. The number of nitrogens with two attached hydrogens (primary N) is 1. The quantitative estimate of drug-likeness (QED) is 0.807. The van der Waals surface area contributed by atoms with Crippen LogP contribution in [0.4, 0.5) is 8.78 Å². The Balaban J connectivity index is 2.74. The van der Waals surface area contributed by atoms with Gasteiger partial charge in [-0.3, -0.25) is 4.79 Å². The summed E-state index contributed by atoms with van der Waals surface area (Å²) in [6, 6.07) is 3.24. The van der Waals surface area contributed by atoms with Crippen molar-refractivity contribution in [1.29, 1.82) is 0 Å². The van der Waals surface area contributed by atoms with Crippen LogP contribution in [0.1, 0.15) is 17.3 Å². The topological polar surface area (TPSA) is 55.1 Å². The van der Waals surface area contributed by atoms with Crippen LogP contribution in [0, 0.1) is 17.6 Å². The van der Waals surface area contributed by atoms with Crippen LogP contribution in [-0.2, 0) is 0 Å². The Hall–Kier alpha value is -1.56. The lowest BCUT2D eigenvalue weighted by Crippen LogP contribution is -2.34. The summed E-state index contributed by atoms with van der Waals surface area (Å²) in [5, 5.41) is 2.38. The predicted octanol–water partition coefficient (Wildman–Crippen LogP) is 1.62. The molecule has 17 heavy (non-hydrogen) atoms. The van der Waals surface area contributed by atoms with Crippen molar-refractivity contribution in [3.05, 3.63) is 35.4 Å². The average molecular weight is 258 g/mol. The van der Waals surface area contributed by atoms with Crippen molar-refractivity contribution in [3.8, 4) is 0 Å². The third-order valence-corrected chi connectivity index (χ3v) is 2.65. The molecule has 0 radical (unpaired) electrons. The SMILES string of the molecule is CC(CNC(=O)c1c(F)cccc1F)C(N)=S. The molecule has 1 unspecified atom stereocenters. The highest BCUT2D eigenvalue weighted by Gasteiger charge is 2.17. The molecule has 92 valence electrons. The van der Waals surface area contributed by atoms with Crippen molar-refractivity contribution in [2.45, 2.75) is 6.92 Å². The standard InChI is InChI=1S/C11H12F2N2OS/c1-6(10(14)17)5-15-11(16)9-7(12)3-2-4-8(9)13/h2-4,6H,5H2,1H3,(H2,14,17)(H,15,16).